The molecule has 0 N–H and O–H groups in total. The molecule has 0 saturated carbocycles. The minimum Gasteiger partial charge on any atom is -0.479 e. The Labute approximate surface area is 139 Å². The molecule has 0 saturated heterocycles. The number of esters is 1. The fourth-order valence-corrected chi connectivity index (χ4v) is 2.29. The van der Waals surface area contributed by atoms with Crippen molar-refractivity contribution in [1.82, 2.24) is 0 Å². The number of carbonyl (C=O) groups is 1. The second-order valence-electron chi connectivity index (χ2n) is 5.33. The molecule has 0 aliphatic heterocycles. The molecule has 0 aromatic heterocycles. The maximum absolute atomic E-state index is 12.2. The van der Waals surface area contributed by atoms with Crippen LogP contribution in [0, 0.1) is 11.3 Å². The number of nitriles is 1. The van der Waals surface area contributed by atoms with Crippen molar-refractivity contribution in [3.8, 4) is 17.6 Å². The van der Waals surface area contributed by atoms with Gasteiger partial charge in [0.15, 0.2) is 6.10 Å². The van der Waals surface area contributed by atoms with Gasteiger partial charge in [0.05, 0.1) is 11.6 Å². The third-order valence-electron chi connectivity index (χ3n) is 3.57. The fourth-order valence-electron chi connectivity index (χ4n) is 2.29. The Morgan fingerprint density at radius 2 is 1.62 bits per heavy atom. The standard InChI is InChI=1S/C20H15NO3/c1-14(23-18-9-6-15(13-21)7-10-18)20(22)24-19-11-8-16-4-2-3-5-17(16)12-19/h2-12,14H,1H3. The Balaban J connectivity index is 1.67. The Hall–Kier alpha value is -3.32. The smallest absolute Gasteiger partial charge is 0.352 e. The minimum absolute atomic E-state index is 0.477. The summed E-state index contributed by atoms with van der Waals surface area (Å²) in [6.07, 6.45) is -0.760. The van der Waals surface area contributed by atoms with E-state index < -0.39 is 12.1 Å². The number of nitrogens with zero attached hydrogens (tertiary/aromatic N) is 1. The molecular formula is C20H15NO3. The molecule has 0 spiro atoms. The van der Waals surface area contributed by atoms with Crippen LogP contribution in [0.1, 0.15) is 12.5 Å². The molecule has 0 aliphatic rings. The summed E-state index contributed by atoms with van der Waals surface area (Å²) in [6.45, 7) is 1.63. The first-order valence-electron chi connectivity index (χ1n) is 7.53. The van der Waals surface area contributed by atoms with Crippen LogP contribution < -0.4 is 9.47 Å². The Kier molecular flexibility index (Phi) is 4.44. The topological polar surface area (TPSA) is 59.3 Å². The van der Waals surface area contributed by atoms with E-state index in [-0.39, 0.29) is 0 Å². The molecule has 0 fully saturated rings. The van der Waals surface area contributed by atoms with Crippen LogP contribution in [0.4, 0.5) is 0 Å². The predicted octanol–water partition coefficient (Wildman–Crippen LogP) is 4.08. The van der Waals surface area contributed by atoms with E-state index in [0.29, 0.717) is 17.1 Å². The van der Waals surface area contributed by atoms with E-state index in [2.05, 4.69) is 0 Å². The first-order valence-corrected chi connectivity index (χ1v) is 7.53. The molecule has 0 heterocycles. The van der Waals surface area contributed by atoms with Crippen LogP contribution in [0.2, 0.25) is 0 Å². The highest BCUT2D eigenvalue weighted by Crippen LogP contribution is 2.21. The van der Waals surface area contributed by atoms with Crippen molar-refractivity contribution in [2.45, 2.75) is 13.0 Å². The number of hydrogen-bond acceptors (Lipinski definition) is 4. The van der Waals surface area contributed by atoms with Crippen LogP contribution in [-0.2, 0) is 4.79 Å². The molecule has 3 aromatic rings. The lowest BCUT2D eigenvalue weighted by atomic mass is 10.1. The Morgan fingerprint density at radius 3 is 2.33 bits per heavy atom. The lowest BCUT2D eigenvalue weighted by molar-refractivity contribution is -0.141. The molecule has 0 radical (unpaired) electrons. The number of hydrogen-bond donors (Lipinski definition) is 0. The van der Waals surface area contributed by atoms with Gasteiger partial charge in [0.25, 0.3) is 0 Å². The SMILES string of the molecule is CC(Oc1ccc(C#N)cc1)C(=O)Oc1ccc2ccccc2c1. The number of fused-ring (bicyclic) bond motifs is 1. The molecule has 4 heteroatoms. The molecule has 0 aliphatic carbocycles. The van der Waals surface area contributed by atoms with Crippen LogP contribution in [0.3, 0.4) is 0 Å². The van der Waals surface area contributed by atoms with E-state index in [4.69, 9.17) is 14.7 Å². The van der Waals surface area contributed by atoms with Gasteiger partial charge < -0.3 is 9.47 Å². The number of benzene rings is 3. The number of carbonyl (C=O) groups excluding carboxylic acids is 1. The zero-order valence-electron chi connectivity index (χ0n) is 13.1. The van der Waals surface area contributed by atoms with Crippen molar-refractivity contribution in [2.24, 2.45) is 0 Å². The zero-order chi connectivity index (χ0) is 16.9. The molecule has 1 atom stereocenters. The average Bonchev–Trinajstić information content (AvgIpc) is 2.62. The summed E-state index contributed by atoms with van der Waals surface area (Å²) in [5.74, 6) is 0.514. The van der Waals surface area contributed by atoms with Gasteiger partial charge in [-0.3, -0.25) is 0 Å². The lowest BCUT2D eigenvalue weighted by Crippen LogP contribution is -2.28. The summed E-state index contributed by atoms with van der Waals surface area (Å²) in [5, 5.41) is 10.9. The van der Waals surface area contributed by atoms with Crippen molar-refractivity contribution < 1.29 is 14.3 Å². The van der Waals surface area contributed by atoms with Crippen LogP contribution >= 0.6 is 0 Å². The van der Waals surface area contributed by atoms with E-state index in [0.717, 1.165) is 10.8 Å². The molecule has 3 aromatic carbocycles. The van der Waals surface area contributed by atoms with Crippen LogP contribution in [0.5, 0.6) is 11.5 Å². The summed E-state index contributed by atoms with van der Waals surface area (Å²) in [5.41, 5.74) is 0.536. The van der Waals surface area contributed by atoms with Gasteiger partial charge in [-0.25, -0.2) is 4.79 Å². The third-order valence-corrected chi connectivity index (χ3v) is 3.57. The minimum atomic E-state index is -0.760. The molecule has 24 heavy (non-hydrogen) atoms. The zero-order valence-corrected chi connectivity index (χ0v) is 13.1. The molecule has 4 nitrogen and oxygen atoms in total. The fraction of sp³-hybridized carbons (Fsp3) is 0.100. The normalized spacial score (nSPS) is 11.5. The van der Waals surface area contributed by atoms with Gasteiger partial charge in [0.2, 0.25) is 0 Å². The van der Waals surface area contributed by atoms with E-state index in [1.165, 1.54) is 0 Å². The highest BCUT2D eigenvalue weighted by Gasteiger charge is 2.17. The molecule has 1 unspecified atom stereocenters. The van der Waals surface area contributed by atoms with Gasteiger partial charge in [-0.05, 0) is 54.1 Å². The molecule has 0 bridgehead atoms. The molecular weight excluding hydrogens is 302 g/mol. The van der Waals surface area contributed by atoms with Crippen LogP contribution in [0.25, 0.3) is 10.8 Å². The van der Waals surface area contributed by atoms with Gasteiger partial charge in [-0.1, -0.05) is 30.3 Å². The predicted molar refractivity (Wildman–Crippen MR) is 90.8 cm³/mol. The third kappa shape index (κ3) is 3.53. The number of ether oxygens (including phenoxy) is 2. The van der Waals surface area contributed by atoms with Gasteiger partial charge in [-0.15, -0.1) is 0 Å². The summed E-state index contributed by atoms with van der Waals surface area (Å²) >= 11 is 0. The first-order chi connectivity index (χ1) is 11.7. The highest BCUT2D eigenvalue weighted by molar-refractivity contribution is 5.85. The van der Waals surface area contributed by atoms with Gasteiger partial charge in [0.1, 0.15) is 11.5 Å². The van der Waals surface area contributed by atoms with Gasteiger partial charge in [0, 0.05) is 0 Å². The molecule has 3 rings (SSSR count). The van der Waals surface area contributed by atoms with E-state index in [1.807, 2.05) is 42.5 Å². The molecule has 118 valence electrons. The lowest BCUT2D eigenvalue weighted by Gasteiger charge is -2.14. The average molecular weight is 317 g/mol. The van der Waals surface area contributed by atoms with E-state index in [1.54, 1.807) is 37.3 Å². The number of rotatable bonds is 4. The summed E-state index contributed by atoms with van der Waals surface area (Å²) in [6, 6.07) is 21.9. The summed E-state index contributed by atoms with van der Waals surface area (Å²) in [4.78, 5) is 12.2. The van der Waals surface area contributed by atoms with Crippen LogP contribution in [0.15, 0.2) is 66.7 Å². The van der Waals surface area contributed by atoms with Crippen molar-refractivity contribution in [1.29, 1.82) is 5.26 Å². The Bertz CT molecular complexity index is 910. The summed E-state index contributed by atoms with van der Waals surface area (Å²) < 4.78 is 10.9. The highest BCUT2D eigenvalue weighted by atomic mass is 16.6. The molecule has 0 amide bonds. The second kappa shape index (κ2) is 6.84. The van der Waals surface area contributed by atoms with Crippen molar-refractivity contribution in [3.05, 3.63) is 72.3 Å². The van der Waals surface area contributed by atoms with Crippen molar-refractivity contribution in [3.63, 3.8) is 0 Å². The maximum Gasteiger partial charge on any atom is 0.352 e. The van der Waals surface area contributed by atoms with E-state index >= 15 is 0 Å². The van der Waals surface area contributed by atoms with Gasteiger partial charge in [-0.2, -0.15) is 5.26 Å². The Morgan fingerprint density at radius 1 is 0.958 bits per heavy atom. The maximum atomic E-state index is 12.2. The van der Waals surface area contributed by atoms with Crippen molar-refractivity contribution in [2.75, 3.05) is 0 Å². The quantitative estimate of drug-likeness (QED) is 0.537. The largest absolute Gasteiger partial charge is 0.479 e. The van der Waals surface area contributed by atoms with Crippen molar-refractivity contribution >= 4 is 16.7 Å². The van der Waals surface area contributed by atoms with Crippen LogP contribution in [-0.4, -0.2) is 12.1 Å². The summed E-state index contributed by atoms with van der Waals surface area (Å²) in [7, 11) is 0. The second-order valence-corrected chi connectivity index (χ2v) is 5.33. The monoisotopic (exact) mass is 317 g/mol. The van der Waals surface area contributed by atoms with Gasteiger partial charge >= 0.3 is 5.97 Å². The van der Waals surface area contributed by atoms with E-state index in [9.17, 15) is 4.79 Å². The first kappa shape index (κ1) is 15.6.